The van der Waals surface area contributed by atoms with E-state index in [1.54, 1.807) is 24.3 Å². The number of hydrogen-bond acceptors (Lipinski definition) is 2. The van der Waals surface area contributed by atoms with Crippen molar-refractivity contribution in [3.05, 3.63) is 65.7 Å². The van der Waals surface area contributed by atoms with Crippen molar-refractivity contribution in [2.45, 2.75) is 12.5 Å². The molecular formula is C15H15F2NO. The minimum absolute atomic E-state index is 0.331. The number of benzene rings is 2. The molecule has 0 amide bonds. The summed E-state index contributed by atoms with van der Waals surface area (Å²) in [4.78, 5) is 0. The second kappa shape index (κ2) is 6.29. The van der Waals surface area contributed by atoms with Gasteiger partial charge < -0.3 is 10.5 Å². The lowest BCUT2D eigenvalue weighted by Gasteiger charge is -2.19. The van der Waals surface area contributed by atoms with Crippen molar-refractivity contribution < 1.29 is 13.5 Å². The molecule has 2 nitrogen and oxygen atoms in total. The Hall–Kier alpha value is -1.94. The first-order valence-electron chi connectivity index (χ1n) is 6.07. The summed E-state index contributed by atoms with van der Waals surface area (Å²) >= 11 is 0. The Bertz CT molecular complexity index is 545. The number of rotatable bonds is 5. The molecule has 0 aliphatic carbocycles. The molecule has 2 N–H and O–H groups in total. The van der Waals surface area contributed by atoms with Crippen molar-refractivity contribution in [1.82, 2.24) is 0 Å². The molecule has 2 aromatic rings. The molecule has 0 aromatic heterocycles. The number of ether oxygens (including phenoxy) is 1. The van der Waals surface area contributed by atoms with Crippen molar-refractivity contribution in [1.29, 1.82) is 0 Å². The standard InChI is InChI=1S/C15H15F2NO/c16-12-4-1-3-11(9-12)15(7-8-18)19-14-6-2-5-13(17)10-14/h1-6,9-10,15H,7-8,18H2/t15-/m0/s1. The molecule has 0 radical (unpaired) electrons. The second-order valence-corrected chi connectivity index (χ2v) is 4.20. The molecule has 0 unspecified atom stereocenters. The van der Waals surface area contributed by atoms with Gasteiger partial charge in [0.05, 0.1) is 0 Å². The van der Waals surface area contributed by atoms with Gasteiger partial charge in [0.15, 0.2) is 0 Å². The third-order valence-corrected chi connectivity index (χ3v) is 2.72. The van der Waals surface area contributed by atoms with Crippen molar-refractivity contribution in [2.75, 3.05) is 6.54 Å². The molecule has 100 valence electrons. The van der Waals surface area contributed by atoms with Crippen LogP contribution in [0.15, 0.2) is 48.5 Å². The monoisotopic (exact) mass is 263 g/mol. The van der Waals surface area contributed by atoms with Gasteiger partial charge in [-0.25, -0.2) is 8.78 Å². The van der Waals surface area contributed by atoms with Crippen molar-refractivity contribution >= 4 is 0 Å². The normalized spacial score (nSPS) is 12.2. The van der Waals surface area contributed by atoms with Crippen LogP contribution in [0.1, 0.15) is 18.1 Å². The third kappa shape index (κ3) is 3.76. The molecule has 1 atom stereocenters. The van der Waals surface area contributed by atoms with E-state index in [4.69, 9.17) is 10.5 Å². The summed E-state index contributed by atoms with van der Waals surface area (Å²) in [6.45, 7) is 0.399. The first-order chi connectivity index (χ1) is 9.19. The highest BCUT2D eigenvalue weighted by Crippen LogP contribution is 2.25. The van der Waals surface area contributed by atoms with E-state index in [-0.39, 0.29) is 17.7 Å². The average Bonchev–Trinajstić information content (AvgIpc) is 2.38. The minimum atomic E-state index is -0.387. The Morgan fingerprint density at radius 2 is 1.68 bits per heavy atom. The lowest BCUT2D eigenvalue weighted by molar-refractivity contribution is 0.196. The van der Waals surface area contributed by atoms with E-state index in [0.29, 0.717) is 24.3 Å². The quantitative estimate of drug-likeness (QED) is 0.897. The molecule has 19 heavy (non-hydrogen) atoms. The van der Waals surface area contributed by atoms with Gasteiger partial charge in [0.25, 0.3) is 0 Å². The van der Waals surface area contributed by atoms with Gasteiger partial charge in [-0.1, -0.05) is 18.2 Å². The fraction of sp³-hybridized carbons (Fsp3) is 0.200. The van der Waals surface area contributed by atoms with Gasteiger partial charge in [0.2, 0.25) is 0 Å². The zero-order chi connectivity index (χ0) is 13.7. The minimum Gasteiger partial charge on any atom is -0.486 e. The predicted octanol–water partition coefficient (Wildman–Crippen LogP) is 3.43. The zero-order valence-electron chi connectivity index (χ0n) is 10.4. The smallest absolute Gasteiger partial charge is 0.126 e. The van der Waals surface area contributed by atoms with Gasteiger partial charge in [0, 0.05) is 12.5 Å². The molecule has 0 fully saturated rings. The molecule has 4 heteroatoms. The van der Waals surface area contributed by atoms with Gasteiger partial charge in [-0.3, -0.25) is 0 Å². The Labute approximate surface area is 110 Å². The number of nitrogens with two attached hydrogens (primary N) is 1. The highest BCUT2D eigenvalue weighted by atomic mass is 19.1. The van der Waals surface area contributed by atoms with Crippen LogP contribution in [0.25, 0.3) is 0 Å². The number of hydrogen-bond donors (Lipinski definition) is 1. The van der Waals surface area contributed by atoms with Gasteiger partial charge in [-0.2, -0.15) is 0 Å². The zero-order valence-corrected chi connectivity index (χ0v) is 10.4. The molecule has 2 rings (SSSR count). The van der Waals surface area contributed by atoms with Crippen molar-refractivity contribution in [3.8, 4) is 5.75 Å². The summed E-state index contributed by atoms with van der Waals surface area (Å²) in [5.74, 6) is -0.298. The molecule has 0 aliphatic heterocycles. The fourth-order valence-corrected chi connectivity index (χ4v) is 1.86. The van der Waals surface area contributed by atoms with Crippen LogP contribution in [0, 0.1) is 11.6 Å². The van der Waals surface area contributed by atoms with E-state index < -0.39 is 0 Å². The molecule has 0 heterocycles. The van der Waals surface area contributed by atoms with E-state index in [2.05, 4.69) is 0 Å². The molecular weight excluding hydrogens is 248 g/mol. The van der Waals surface area contributed by atoms with Crippen molar-refractivity contribution in [2.24, 2.45) is 5.73 Å². The predicted molar refractivity (Wildman–Crippen MR) is 69.8 cm³/mol. The maximum atomic E-state index is 13.2. The van der Waals surface area contributed by atoms with E-state index >= 15 is 0 Å². The highest BCUT2D eigenvalue weighted by molar-refractivity contribution is 5.25. The highest BCUT2D eigenvalue weighted by Gasteiger charge is 2.13. The maximum Gasteiger partial charge on any atom is 0.126 e. The Kier molecular flexibility index (Phi) is 4.47. The van der Waals surface area contributed by atoms with E-state index in [1.165, 1.54) is 24.3 Å². The van der Waals surface area contributed by atoms with Crippen LogP contribution in [-0.4, -0.2) is 6.54 Å². The van der Waals surface area contributed by atoms with E-state index in [1.807, 2.05) is 0 Å². The summed E-state index contributed by atoms with van der Waals surface area (Å²) in [6, 6.07) is 12.0. The second-order valence-electron chi connectivity index (χ2n) is 4.20. The van der Waals surface area contributed by atoms with Crippen molar-refractivity contribution in [3.63, 3.8) is 0 Å². The SMILES string of the molecule is NCC[C@H](Oc1cccc(F)c1)c1cccc(F)c1. The summed E-state index contributed by atoms with van der Waals surface area (Å²) in [5, 5.41) is 0. The summed E-state index contributed by atoms with van der Waals surface area (Å²) < 4.78 is 32.0. The molecule has 0 spiro atoms. The van der Waals surface area contributed by atoms with Crippen LogP contribution in [-0.2, 0) is 0 Å². The summed E-state index contributed by atoms with van der Waals surface area (Å²) in [7, 11) is 0. The lowest BCUT2D eigenvalue weighted by atomic mass is 10.1. The maximum absolute atomic E-state index is 13.2. The van der Waals surface area contributed by atoms with Crippen LogP contribution >= 0.6 is 0 Å². The Morgan fingerprint density at radius 1 is 1.00 bits per heavy atom. The fourth-order valence-electron chi connectivity index (χ4n) is 1.86. The Morgan fingerprint density at radius 3 is 2.32 bits per heavy atom. The summed E-state index contributed by atoms with van der Waals surface area (Å²) in [5.41, 5.74) is 6.23. The van der Waals surface area contributed by atoms with Crippen LogP contribution in [0.5, 0.6) is 5.75 Å². The van der Waals surface area contributed by atoms with Crippen LogP contribution in [0.3, 0.4) is 0 Å². The Balaban J connectivity index is 2.21. The molecule has 0 saturated heterocycles. The topological polar surface area (TPSA) is 35.2 Å². The van der Waals surface area contributed by atoms with E-state index in [0.717, 1.165) is 0 Å². The molecule has 0 bridgehead atoms. The molecule has 2 aromatic carbocycles. The third-order valence-electron chi connectivity index (χ3n) is 2.72. The van der Waals surface area contributed by atoms with Crippen LogP contribution in [0.2, 0.25) is 0 Å². The van der Waals surface area contributed by atoms with Gasteiger partial charge in [0.1, 0.15) is 23.5 Å². The van der Waals surface area contributed by atoms with Gasteiger partial charge >= 0.3 is 0 Å². The summed E-state index contributed by atoms with van der Waals surface area (Å²) in [6.07, 6.45) is 0.141. The number of halogens is 2. The largest absolute Gasteiger partial charge is 0.486 e. The van der Waals surface area contributed by atoms with E-state index in [9.17, 15) is 8.78 Å². The lowest BCUT2D eigenvalue weighted by Crippen LogP contribution is -2.13. The molecule has 0 saturated carbocycles. The first kappa shape index (κ1) is 13.5. The first-order valence-corrected chi connectivity index (χ1v) is 6.07. The van der Waals surface area contributed by atoms with Gasteiger partial charge in [-0.05, 0) is 36.4 Å². The van der Waals surface area contributed by atoms with Crippen LogP contribution in [0.4, 0.5) is 8.78 Å². The van der Waals surface area contributed by atoms with Gasteiger partial charge in [-0.15, -0.1) is 0 Å². The molecule has 0 aliphatic rings. The average molecular weight is 263 g/mol. The van der Waals surface area contributed by atoms with Crippen LogP contribution < -0.4 is 10.5 Å².